The van der Waals surface area contributed by atoms with Gasteiger partial charge in [0.15, 0.2) is 11.2 Å². The summed E-state index contributed by atoms with van der Waals surface area (Å²) in [6.45, 7) is 6.14. The van der Waals surface area contributed by atoms with Gasteiger partial charge in [-0.1, -0.05) is 12.1 Å². The number of rotatable bonds is 15. The van der Waals surface area contributed by atoms with Crippen molar-refractivity contribution < 1.29 is 23.0 Å². The van der Waals surface area contributed by atoms with Gasteiger partial charge in [0.2, 0.25) is 11.8 Å². The van der Waals surface area contributed by atoms with E-state index in [0.29, 0.717) is 11.8 Å². The molecule has 0 aliphatic carbocycles. The van der Waals surface area contributed by atoms with E-state index in [4.69, 9.17) is 52.9 Å². The van der Waals surface area contributed by atoms with Crippen LogP contribution in [0.15, 0.2) is 185 Å². The molecule has 0 unspecified atom stereocenters. The van der Waals surface area contributed by atoms with E-state index in [-0.39, 0.29) is 0 Å². The summed E-state index contributed by atoms with van der Waals surface area (Å²) in [5.74, 6) is 3.84. The smallest absolute Gasteiger partial charge is 0.237 e. The fourth-order valence-corrected chi connectivity index (χ4v) is 18.1. The van der Waals surface area contributed by atoms with E-state index in [9.17, 15) is 0 Å². The molecular weight excluding hydrogens is 1360 g/mol. The van der Waals surface area contributed by atoms with Crippen molar-refractivity contribution in [2.24, 2.45) is 0 Å². The number of benzene rings is 9. The van der Waals surface area contributed by atoms with E-state index in [2.05, 4.69) is 180 Å². The highest BCUT2D eigenvalue weighted by molar-refractivity contribution is 7.26. The number of ether oxygens (including phenoxy) is 3. The SMILES string of the molecule is CN(C)c1ccc2nc(-c3ccc(-c4cc(-c5ccc(-c6nc7ccc(N(C)C)cc7o6)s5)cc(-c5ccc(-c6nc7ccc(N(C)C)cc7s6)s5)c4)cc3)oc2c1.COc1cc2sc(-c3cc(-c4nc5cc(C)c(OC)cc5s4)cc(-c4nc5cc(C)c(OC)cc5s4)c3)nc2cc1C. The van der Waals surface area contributed by atoms with Crippen LogP contribution in [0.4, 0.5) is 17.1 Å². The lowest BCUT2D eigenvalue weighted by Crippen LogP contribution is -2.07. The quantitative estimate of drug-likeness (QED) is 0.0961. The van der Waals surface area contributed by atoms with Gasteiger partial charge >= 0.3 is 0 Å². The number of aromatic nitrogens is 6. The molecule has 20 heteroatoms. The Balaban J connectivity index is 0.000000164. The first-order chi connectivity index (χ1) is 48.4. The van der Waals surface area contributed by atoms with Gasteiger partial charge in [0.05, 0.1) is 72.0 Å². The molecule has 0 aliphatic rings. The van der Waals surface area contributed by atoms with Gasteiger partial charge in [-0.25, -0.2) is 29.9 Å². The van der Waals surface area contributed by atoms with Crippen molar-refractivity contribution in [2.45, 2.75) is 20.8 Å². The average molecular weight is 1420 g/mol. The lowest BCUT2D eigenvalue weighted by atomic mass is 9.97. The first kappa shape index (κ1) is 64.4. The molecule has 100 heavy (non-hydrogen) atoms. The molecule has 0 atom stereocenters. The molecule has 9 aromatic carbocycles. The van der Waals surface area contributed by atoms with E-state index in [0.717, 1.165) is 183 Å². The van der Waals surface area contributed by atoms with Crippen molar-refractivity contribution in [1.82, 2.24) is 29.9 Å². The molecule has 496 valence electrons. The Morgan fingerprint density at radius 1 is 0.280 bits per heavy atom. The molecule has 0 aliphatic heterocycles. The normalized spacial score (nSPS) is 11.6. The topological polar surface area (TPSA) is 141 Å². The van der Waals surface area contributed by atoms with Crippen LogP contribution in [0.25, 0.3) is 159 Å². The Morgan fingerprint density at radius 3 is 1.11 bits per heavy atom. The van der Waals surface area contributed by atoms with Crippen molar-refractivity contribution >= 4 is 148 Å². The third kappa shape index (κ3) is 12.4. The highest BCUT2D eigenvalue weighted by Gasteiger charge is 2.21. The van der Waals surface area contributed by atoms with Crippen LogP contribution < -0.4 is 28.9 Å². The predicted molar refractivity (Wildman–Crippen MR) is 422 cm³/mol. The Morgan fingerprint density at radius 2 is 0.640 bits per heavy atom. The lowest BCUT2D eigenvalue weighted by Gasteiger charge is -2.11. The lowest BCUT2D eigenvalue weighted by molar-refractivity contribution is 0.412. The van der Waals surface area contributed by atoms with Crippen LogP contribution in [0.5, 0.6) is 17.2 Å². The number of anilines is 3. The van der Waals surface area contributed by atoms with Crippen molar-refractivity contribution in [1.29, 1.82) is 0 Å². The van der Waals surface area contributed by atoms with Crippen LogP contribution in [0, 0.1) is 20.8 Å². The number of hydrogen-bond donors (Lipinski definition) is 0. The molecule has 0 saturated carbocycles. The molecule has 8 heterocycles. The predicted octanol–water partition coefficient (Wildman–Crippen LogP) is 22.4. The third-order valence-electron chi connectivity index (χ3n) is 17.7. The van der Waals surface area contributed by atoms with Crippen LogP contribution >= 0.6 is 68.0 Å². The number of thiophene rings is 2. The molecule has 0 saturated heterocycles. The van der Waals surface area contributed by atoms with Gasteiger partial charge in [-0.2, -0.15) is 0 Å². The molecule has 0 spiro atoms. The largest absolute Gasteiger partial charge is 0.496 e. The zero-order chi connectivity index (χ0) is 68.8. The molecule has 0 bridgehead atoms. The van der Waals surface area contributed by atoms with E-state index in [1.807, 2.05) is 73.2 Å². The number of hydrogen-bond acceptors (Lipinski definition) is 20. The Labute approximate surface area is 601 Å². The molecule has 17 rings (SSSR count). The maximum absolute atomic E-state index is 6.30. The molecule has 0 fully saturated rings. The maximum atomic E-state index is 6.30. The minimum atomic E-state index is 0.606. The fraction of sp³-hybridized carbons (Fsp3) is 0.150. The van der Waals surface area contributed by atoms with Crippen LogP contribution in [0.1, 0.15) is 16.7 Å². The summed E-state index contributed by atoms with van der Waals surface area (Å²) < 4.78 is 33.7. The second-order valence-corrected chi connectivity index (χ2v) is 31.4. The van der Waals surface area contributed by atoms with Crippen LogP contribution in [0.2, 0.25) is 0 Å². The minimum absolute atomic E-state index is 0.606. The van der Waals surface area contributed by atoms with Crippen LogP contribution in [-0.4, -0.2) is 93.5 Å². The Bertz CT molecular complexity index is 5610. The number of methoxy groups -OCH3 is 3. The van der Waals surface area contributed by atoms with E-state index >= 15 is 0 Å². The second kappa shape index (κ2) is 26.1. The average Bonchev–Trinajstić information content (AvgIpc) is 1.60. The van der Waals surface area contributed by atoms with Crippen molar-refractivity contribution in [3.05, 3.63) is 193 Å². The summed E-state index contributed by atoms with van der Waals surface area (Å²) in [5, 5.41) is 3.86. The highest BCUT2D eigenvalue weighted by atomic mass is 32.1. The van der Waals surface area contributed by atoms with Crippen LogP contribution in [0.3, 0.4) is 0 Å². The maximum Gasteiger partial charge on any atom is 0.237 e. The number of fused-ring (bicyclic) bond motifs is 6. The zero-order valence-corrected chi connectivity index (χ0v) is 61.7. The number of thiazole rings is 4. The molecule has 8 aromatic heterocycles. The van der Waals surface area contributed by atoms with Crippen molar-refractivity contribution in [3.63, 3.8) is 0 Å². The molecule has 0 amide bonds. The zero-order valence-electron chi connectivity index (χ0n) is 56.8. The summed E-state index contributed by atoms with van der Waals surface area (Å²) >= 11 is 10.2. The Kier molecular flexibility index (Phi) is 16.8. The molecule has 17 aromatic rings. The summed E-state index contributed by atoms with van der Waals surface area (Å²) in [7, 11) is 17.3. The molecule has 14 nitrogen and oxygen atoms in total. The van der Waals surface area contributed by atoms with Crippen molar-refractivity contribution in [2.75, 3.05) is 78.3 Å². The first-order valence-corrected chi connectivity index (χ1v) is 37.1. The summed E-state index contributed by atoms with van der Waals surface area (Å²) in [4.78, 5) is 40.5. The van der Waals surface area contributed by atoms with E-state index in [1.165, 1.54) is 15.3 Å². The van der Waals surface area contributed by atoms with Crippen LogP contribution in [-0.2, 0) is 0 Å². The van der Waals surface area contributed by atoms with E-state index < -0.39 is 0 Å². The van der Waals surface area contributed by atoms with Gasteiger partial charge < -0.3 is 37.7 Å². The fourth-order valence-electron chi connectivity index (χ4n) is 12.2. The third-order valence-corrected chi connectivity index (χ3v) is 24.3. The number of aryl methyl sites for hydroxylation is 3. The molecular formula is C80H65N9O5S6. The first-order valence-electron chi connectivity index (χ1n) is 32.2. The van der Waals surface area contributed by atoms with Gasteiger partial charge in [0.25, 0.3) is 0 Å². The second-order valence-electron chi connectivity index (χ2n) is 25.1. The Hall–Kier alpha value is -10.3. The van der Waals surface area contributed by atoms with Gasteiger partial charge in [0, 0.05) is 103 Å². The van der Waals surface area contributed by atoms with Gasteiger partial charge in [-0.3, -0.25) is 0 Å². The highest BCUT2D eigenvalue weighted by Crippen LogP contribution is 2.46. The minimum Gasteiger partial charge on any atom is -0.496 e. The molecule has 0 radical (unpaired) electrons. The summed E-state index contributed by atoms with van der Waals surface area (Å²) in [6, 6.07) is 61.8. The van der Waals surface area contributed by atoms with E-state index in [1.54, 1.807) is 89.4 Å². The monoisotopic (exact) mass is 1420 g/mol. The van der Waals surface area contributed by atoms with Crippen molar-refractivity contribution in [3.8, 4) is 113 Å². The summed E-state index contributed by atoms with van der Waals surface area (Å²) in [5.41, 5.74) is 22.2. The van der Waals surface area contributed by atoms with Gasteiger partial charge in [-0.15, -0.1) is 68.0 Å². The standard InChI is InChI=1S/C47H38N6O2S3.C33H27N3O3S3/c1-51(2)32-11-14-35-38(24-32)54-45(48-35)28-9-7-27(8-10-28)29-21-30(40-17-19-42(56-40)46-49-36-15-12-33(52(3)4)25-39(36)55-46)23-31(22-29)41-18-20-43(57-41)47-50-37-16-13-34(53(5)6)26-44(37)58-47;1-16-7-22-28(13-25(16)37-4)40-31(34-22)19-10-20(32-35-23-8-17(2)26(38-5)14-29(23)41-32)12-21(11-19)33-36-24-9-18(3)27(39-6)15-30(24)42-33/h7-26H,1-6H3;7-15H,1-6H3. The van der Waals surface area contributed by atoms with Gasteiger partial charge in [-0.05, 0) is 211 Å². The number of nitrogens with zero attached hydrogens (tertiary/aromatic N) is 9. The van der Waals surface area contributed by atoms with Gasteiger partial charge in [0.1, 0.15) is 48.3 Å². The summed E-state index contributed by atoms with van der Waals surface area (Å²) in [6.07, 6.45) is 0. The molecule has 0 N–H and O–H groups in total. The number of oxazole rings is 2.